The summed E-state index contributed by atoms with van der Waals surface area (Å²) in [6, 6.07) is 8.57. The van der Waals surface area contributed by atoms with Crippen molar-refractivity contribution in [2.75, 3.05) is 21.2 Å². The number of hydrogen-bond acceptors (Lipinski definition) is 5. The lowest BCUT2D eigenvalue weighted by atomic mass is 10.1. The molecule has 0 bridgehead atoms. The van der Waals surface area contributed by atoms with Gasteiger partial charge >= 0.3 is 0 Å². The average Bonchev–Trinajstić information content (AvgIpc) is 3.02. The quantitative estimate of drug-likeness (QED) is 0.517. The highest BCUT2D eigenvalue weighted by Gasteiger charge is 2.25. The predicted octanol–water partition coefficient (Wildman–Crippen LogP) is 2.64. The van der Waals surface area contributed by atoms with Gasteiger partial charge in [0.2, 0.25) is 5.88 Å². The summed E-state index contributed by atoms with van der Waals surface area (Å²) in [6.07, 6.45) is 1.51. The summed E-state index contributed by atoms with van der Waals surface area (Å²) in [6.45, 7) is 0. The number of amides is 1. The second-order valence-corrected chi connectivity index (χ2v) is 7.15. The maximum Gasteiger partial charge on any atom is 0.296 e. The van der Waals surface area contributed by atoms with E-state index in [0.29, 0.717) is 38.4 Å². The van der Waals surface area contributed by atoms with Crippen LogP contribution < -0.4 is 10.3 Å². The van der Waals surface area contributed by atoms with Gasteiger partial charge in [0.15, 0.2) is 5.69 Å². The number of hydrogen-bond donors (Lipinski definition) is 0. The fourth-order valence-corrected chi connectivity index (χ4v) is 3.73. The van der Waals surface area contributed by atoms with Crippen molar-refractivity contribution in [2.24, 2.45) is 7.05 Å². The Labute approximate surface area is 170 Å². The standard InChI is InChI=1S/C20H18ClN5O3/c1-24(2)19(27)16-15-12-6-5-7-13(21)17(12)25(3)18(15)20(28)26(23-16)11-8-9-22-14(10-11)29-4/h5-10H,1-4H3. The van der Waals surface area contributed by atoms with Crippen LogP contribution in [0.15, 0.2) is 41.3 Å². The third kappa shape index (κ3) is 2.84. The zero-order valence-electron chi connectivity index (χ0n) is 16.3. The minimum Gasteiger partial charge on any atom is -0.481 e. The van der Waals surface area contributed by atoms with Gasteiger partial charge in [-0.1, -0.05) is 23.7 Å². The Balaban J connectivity index is 2.21. The first-order chi connectivity index (χ1) is 13.8. The van der Waals surface area contributed by atoms with Crippen molar-refractivity contribution >= 4 is 39.3 Å². The Morgan fingerprint density at radius 2 is 1.97 bits per heavy atom. The SMILES string of the molecule is COc1cc(-n2nc(C(=O)N(C)C)c3c4cccc(Cl)c4n(C)c3c2=O)ccn1. The molecule has 148 valence electrons. The van der Waals surface area contributed by atoms with Gasteiger partial charge in [0.1, 0.15) is 5.52 Å². The Morgan fingerprint density at radius 1 is 1.21 bits per heavy atom. The molecule has 0 aliphatic carbocycles. The molecule has 1 amide bonds. The molecule has 0 unspecified atom stereocenters. The molecule has 4 rings (SSSR count). The molecule has 3 aromatic heterocycles. The van der Waals surface area contributed by atoms with Crippen LogP contribution in [0.3, 0.4) is 0 Å². The highest BCUT2D eigenvalue weighted by molar-refractivity contribution is 6.36. The van der Waals surface area contributed by atoms with E-state index in [1.54, 1.807) is 50.0 Å². The zero-order chi connectivity index (χ0) is 20.9. The number of carbonyl (C=O) groups excluding carboxylic acids is 1. The number of halogens is 1. The molecule has 0 N–H and O–H groups in total. The largest absolute Gasteiger partial charge is 0.481 e. The predicted molar refractivity (Wildman–Crippen MR) is 111 cm³/mol. The van der Waals surface area contributed by atoms with Gasteiger partial charge in [-0.15, -0.1) is 0 Å². The van der Waals surface area contributed by atoms with Crippen molar-refractivity contribution in [3.63, 3.8) is 0 Å². The summed E-state index contributed by atoms with van der Waals surface area (Å²) < 4.78 is 8.05. The molecule has 0 atom stereocenters. The number of rotatable bonds is 3. The van der Waals surface area contributed by atoms with Crippen molar-refractivity contribution < 1.29 is 9.53 Å². The van der Waals surface area contributed by atoms with Gasteiger partial charge in [0.25, 0.3) is 11.5 Å². The van der Waals surface area contributed by atoms with Crippen molar-refractivity contribution in [3.05, 3.63) is 57.6 Å². The number of methoxy groups -OCH3 is 1. The van der Waals surface area contributed by atoms with Gasteiger partial charge in [0, 0.05) is 44.2 Å². The molecular formula is C20H18ClN5O3. The van der Waals surface area contributed by atoms with E-state index in [0.717, 1.165) is 0 Å². The third-order valence-corrected chi connectivity index (χ3v) is 5.08. The molecule has 4 aromatic rings. The summed E-state index contributed by atoms with van der Waals surface area (Å²) in [5.74, 6) is 0.00844. The molecule has 1 aromatic carbocycles. The van der Waals surface area contributed by atoms with Gasteiger partial charge in [-0.3, -0.25) is 9.59 Å². The van der Waals surface area contributed by atoms with E-state index in [9.17, 15) is 9.59 Å². The van der Waals surface area contributed by atoms with Crippen molar-refractivity contribution in [1.29, 1.82) is 0 Å². The van der Waals surface area contributed by atoms with Crippen LogP contribution in [0.4, 0.5) is 0 Å². The van der Waals surface area contributed by atoms with E-state index in [1.165, 1.54) is 22.9 Å². The number of pyridine rings is 1. The van der Waals surface area contributed by atoms with Crippen LogP contribution in [-0.4, -0.2) is 51.3 Å². The summed E-state index contributed by atoms with van der Waals surface area (Å²) in [5, 5.41) is 6.10. The lowest BCUT2D eigenvalue weighted by molar-refractivity contribution is 0.0822. The average molecular weight is 412 g/mol. The molecule has 0 aliphatic rings. The first-order valence-corrected chi connectivity index (χ1v) is 9.15. The van der Waals surface area contributed by atoms with Crippen molar-refractivity contribution in [2.45, 2.75) is 0 Å². The van der Waals surface area contributed by atoms with Crippen LogP contribution in [0.2, 0.25) is 5.02 Å². The topological polar surface area (TPSA) is 82.3 Å². The number of fused-ring (bicyclic) bond motifs is 3. The number of nitrogens with zero attached hydrogens (tertiary/aromatic N) is 5. The van der Waals surface area contributed by atoms with Crippen LogP contribution in [0.25, 0.3) is 27.5 Å². The normalized spacial score (nSPS) is 11.2. The molecule has 0 saturated carbocycles. The number of aromatic nitrogens is 4. The number of para-hydroxylation sites is 1. The van der Waals surface area contributed by atoms with E-state index in [4.69, 9.17) is 16.3 Å². The summed E-state index contributed by atoms with van der Waals surface area (Å²) in [5.41, 5.74) is 1.23. The lowest BCUT2D eigenvalue weighted by Crippen LogP contribution is -2.30. The number of carbonyl (C=O) groups is 1. The number of aryl methyl sites for hydroxylation is 1. The Kier molecular flexibility index (Phi) is 4.50. The van der Waals surface area contributed by atoms with E-state index in [2.05, 4.69) is 10.1 Å². The highest BCUT2D eigenvalue weighted by Crippen LogP contribution is 2.33. The van der Waals surface area contributed by atoms with Gasteiger partial charge in [-0.25, -0.2) is 4.98 Å². The van der Waals surface area contributed by atoms with Crippen LogP contribution in [0.1, 0.15) is 10.5 Å². The van der Waals surface area contributed by atoms with E-state index < -0.39 is 0 Å². The first kappa shape index (κ1) is 18.9. The Hall–Kier alpha value is -3.39. The molecular weight excluding hydrogens is 394 g/mol. The first-order valence-electron chi connectivity index (χ1n) is 8.77. The fourth-order valence-electron chi connectivity index (χ4n) is 3.43. The summed E-state index contributed by atoms with van der Waals surface area (Å²) in [4.78, 5) is 31.9. The van der Waals surface area contributed by atoms with E-state index in [1.807, 2.05) is 6.07 Å². The fraction of sp³-hybridized carbons (Fsp3) is 0.200. The molecule has 9 heteroatoms. The molecule has 0 saturated heterocycles. The second-order valence-electron chi connectivity index (χ2n) is 6.74. The third-order valence-electron chi connectivity index (χ3n) is 4.78. The van der Waals surface area contributed by atoms with Gasteiger partial charge in [-0.05, 0) is 12.1 Å². The molecule has 0 radical (unpaired) electrons. The monoisotopic (exact) mass is 411 g/mol. The summed E-state index contributed by atoms with van der Waals surface area (Å²) >= 11 is 6.41. The highest BCUT2D eigenvalue weighted by atomic mass is 35.5. The van der Waals surface area contributed by atoms with Gasteiger partial charge in [0.05, 0.1) is 23.3 Å². The minimum absolute atomic E-state index is 0.160. The van der Waals surface area contributed by atoms with Crippen LogP contribution >= 0.6 is 11.6 Å². The zero-order valence-corrected chi connectivity index (χ0v) is 17.1. The van der Waals surface area contributed by atoms with Crippen molar-refractivity contribution in [1.82, 2.24) is 24.2 Å². The Morgan fingerprint density at radius 3 is 2.66 bits per heavy atom. The van der Waals surface area contributed by atoms with Gasteiger partial charge < -0.3 is 14.2 Å². The Bertz CT molecular complexity index is 1340. The molecule has 0 spiro atoms. The van der Waals surface area contributed by atoms with E-state index >= 15 is 0 Å². The maximum absolute atomic E-state index is 13.4. The smallest absolute Gasteiger partial charge is 0.296 e. The minimum atomic E-state index is -0.377. The van der Waals surface area contributed by atoms with Crippen LogP contribution in [-0.2, 0) is 7.05 Å². The van der Waals surface area contributed by atoms with Crippen molar-refractivity contribution in [3.8, 4) is 11.6 Å². The summed E-state index contributed by atoms with van der Waals surface area (Å²) in [7, 11) is 6.51. The number of benzene rings is 1. The molecule has 0 fully saturated rings. The number of ether oxygens (including phenoxy) is 1. The van der Waals surface area contributed by atoms with Crippen LogP contribution in [0.5, 0.6) is 5.88 Å². The molecule has 3 heterocycles. The molecule has 0 aliphatic heterocycles. The molecule has 8 nitrogen and oxygen atoms in total. The van der Waals surface area contributed by atoms with E-state index in [-0.39, 0.29) is 17.2 Å². The lowest BCUT2D eigenvalue weighted by Gasteiger charge is -2.13. The van der Waals surface area contributed by atoms with Gasteiger partial charge in [-0.2, -0.15) is 9.78 Å². The molecule has 29 heavy (non-hydrogen) atoms. The maximum atomic E-state index is 13.4. The van der Waals surface area contributed by atoms with Crippen LogP contribution in [0, 0.1) is 0 Å². The second kappa shape index (κ2) is 6.89.